The van der Waals surface area contributed by atoms with Crippen molar-refractivity contribution in [3.63, 3.8) is 0 Å². The van der Waals surface area contributed by atoms with Gasteiger partial charge in [-0.05, 0) is 41.0 Å². The molecule has 1 aliphatic heterocycles. The van der Waals surface area contributed by atoms with Crippen LogP contribution in [0.25, 0.3) is 0 Å². The summed E-state index contributed by atoms with van der Waals surface area (Å²) in [6.07, 6.45) is 4.64. The van der Waals surface area contributed by atoms with Crippen molar-refractivity contribution in [2.24, 2.45) is 0 Å². The first-order chi connectivity index (χ1) is 13.2. The summed E-state index contributed by atoms with van der Waals surface area (Å²) in [6.45, 7) is 1.64. The monoisotopic (exact) mass is 389 g/mol. The molecule has 1 amide bonds. The fraction of sp³-hybridized carbons (Fsp3) is 0.556. The molecule has 144 valence electrons. The number of hydrogen-bond acceptors (Lipinski definition) is 7. The minimum Gasteiger partial charge on any atom is -0.486 e. The molecule has 2 heterocycles. The number of tetrazole rings is 1. The van der Waals surface area contributed by atoms with Crippen molar-refractivity contribution < 1.29 is 14.3 Å². The maximum Gasteiger partial charge on any atom is 0.233 e. The van der Waals surface area contributed by atoms with Crippen LogP contribution in [0.3, 0.4) is 0 Å². The highest BCUT2D eigenvalue weighted by Crippen LogP contribution is 2.32. The average molecular weight is 389 g/mol. The lowest BCUT2D eigenvalue weighted by Gasteiger charge is -2.21. The van der Waals surface area contributed by atoms with Gasteiger partial charge in [0.25, 0.3) is 0 Å². The summed E-state index contributed by atoms with van der Waals surface area (Å²) >= 11 is 1.40. The van der Waals surface area contributed by atoms with Crippen LogP contribution in [-0.4, -0.2) is 57.0 Å². The van der Waals surface area contributed by atoms with Gasteiger partial charge in [-0.3, -0.25) is 4.79 Å². The quantitative estimate of drug-likeness (QED) is 0.701. The molecule has 0 radical (unpaired) electrons. The molecule has 9 heteroatoms. The van der Waals surface area contributed by atoms with E-state index >= 15 is 0 Å². The maximum atomic E-state index is 12.5. The molecule has 2 aliphatic rings. The Balaban J connectivity index is 1.33. The lowest BCUT2D eigenvalue weighted by Crippen LogP contribution is -2.28. The smallest absolute Gasteiger partial charge is 0.233 e. The zero-order chi connectivity index (χ0) is 18.6. The van der Waals surface area contributed by atoms with Crippen LogP contribution in [-0.2, 0) is 11.3 Å². The second-order valence-corrected chi connectivity index (χ2v) is 7.80. The van der Waals surface area contributed by atoms with E-state index in [0.717, 1.165) is 35.1 Å². The second kappa shape index (κ2) is 8.16. The standard InChI is InChI=1S/C18H23N5O3S/c1-22(11-13-6-7-15-16(10-13)26-9-8-25-15)17(24)12-27-18-19-20-21-23(18)14-4-2-3-5-14/h6-7,10,14H,2-5,8-9,11-12H2,1H3. The van der Waals surface area contributed by atoms with Crippen molar-refractivity contribution in [3.8, 4) is 11.5 Å². The Bertz CT molecular complexity index is 806. The van der Waals surface area contributed by atoms with E-state index in [-0.39, 0.29) is 5.91 Å². The highest BCUT2D eigenvalue weighted by Gasteiger charge is 2.22. The number of ether oxygens (including phenoxy) is 2. The molecule has 0 N–H and O–H groups in total. The Kier molecular flexibility index (Phi) is 5.47. The number of thioether (sulfide) groups is 1. The summed E-state index contributed by atoms with van der Waals surface area (Å²) in [7, 11) is 1.81. The van der Waals surface area contributed by atoms with Crippen molar-refractivity contribution in [1.82, 2.24) is 25.1 Å². The van der Waals surface area contributed by atoms with Crippen molar-refractivity contribution in [2.45, 2.75) is 43.4 Å². The van der Waals surface area contributed by atoms with Gasteiger partial charge in [0.05, 0.1) is 11.8 Å². The third kappa shape index (κ3) is 4.18. The third-order valence-corrected chi connectivity index (χ3v) is 5.83. The summed E-state index contributed by atoms with van der Waals surface area (Å²) in [5.41, 5.74) is 1.01. The predicted molar refractivity (Wildman–Crippen MR) is 100.0 cm³/mol. The van der Waals surface area contributed by atoms with E-state index < -0.39 is 0 Å². The lowest BCUT2D eigenvalue weighted by molar-refractivity contribution is -0.127. The molecule has 0 unspecified atom stereocenters. The van der Waals surface area contributed by atoms with Gasteiger partial charge in [0.15, 0.2) is 11.5 Å². The van der Waals surface area contributed by atoms with E-state index in [1.807, 2.05) is 22.9 Å². The Morgan fingerprint density at radius 3 is 2.85 bits per heavy atom. The number of nitrogens with zero attached hydrogens (tertiary/aromatic N) is 5. The van der Waals surface area contributed by atoms with Crippen LogP contribution >= 0.6 is 11.8 Å². The van der Waals surface area contributed by atoms with Gasteiger partial charge in [-0.15, -0.1) is 5.10 Å². The SMILES string of the molecule is CN(Cc1ccc2c(c1)OCCO2)C(=O)CSc1nnnn1C1CCCC1. The minimum atomic E-state index is 0.0378. The number of carbonyl (C=O) groups is 1. The molecule has 4 rings (SSSR count). The maximum absolute atomic E-state index is 12.5. The number of carbonyl (C=O) groups excluding carboxylic acids is 1. The zero-order valence-electron chi connectivity index (χ0n) is 15.3. The molecule has 27 heavy (non-hydrogen) atoms. The molecule has 1 saturated carbocycles. The first kappa shape index (κ1) is 18.1. The number of amides is 1. The molecular weight excluding hydrogens is 366 g/mol. The van der Waals surface area contributed by atoms with Gasteiger partial charge < -0.3 is 14.4 Å². The van der Waals surface area contributed by atoms with Gasteiger partial charge >= 0.3 is 0 Å². The van der Waals surface area contributed by atoms with Crippen LogP contribution in [0.4, 0.5) is 0 Å². The first-order valence-electron chi connectivity index (χ1n) is 9.24. The zero-order valence-corrected chi connectivity index (χ0v) is 16.2. The molecular formula is C18H23N5O3S. The van der Waals surface area contributed by atoms with E-state index in [4.69, 9.17) is 9.47 Å². The van der Waals surface area contributed by atoms with Crippen LogP contribution < -0.4 is 9.47 Å². The van der Waals surface area contributed by atoms with E-state index in [2.05, 4.69) is 15.5 Å². The Morgan fingerprint density at radius 2 is 2.04 bits per heavy atom. The average Bonchev–Trinajstić information content (AvgIpc) is 3.37. The number of fused-ring (bicyclic) bond motifs is 1. The summed E-state index contributed by atoms with van der Waals surface area (Å²) < 4.78 is 13.0. The van der Waals surface area contributed by atoms with Crippen LogP contribution in [0.1, 0.15) is 37.3 Å². The summed E-state index contributed by atoms with van der Waals surface area (Å²) in [5, 5.41) is 12.7. The molecule has 8 nitrogen and oxygen atoms in total. The highest BCUT2D eigenvalue weighted by molar-refractivity contribution is 7.99. The van der Waals surface area contributed by atoms with Crippen LogP contribution in [0.5, 0.6) is 11.5 Å². The molecule has 1 aromatic carbocycles. The van der Waals surface area contributed by atoms with Crippen molar-refractivity contribution in [3.05, 3.63) is 23.8 Å². The molecule has 1 fully saturated rings. The van der Waals surface area contributed by atoms with Crippen molar-refractivity contribution in [1.29, 1.82) is 0 Å². The van der Waals surface area contributed by atoms with E-state index in [0.29, 0.717) is 31.6 Å². The van der Waals surface area contributed by atoms with Gasteiger partial charge in [0.1, 0.15) is 13.2 Å². The summed E-state index contributed by atoms with van der Waals surface area (Å²) in [4.78, 5) is 14.2. The lowest BCUT2D eigenvalue weighted by atomic mass is 10.2. The summed E-state index contributed by atoms with van der Waals surface area (Å²) in [5.74, 6) is 1.85. The van der Waals surface area contributed by atoms with Crippen LogP contribution in [0.2, 0.25) is 0 Å². The largest absolute Gasteiger partial charge is 0.486 e. The molecule has 0 atom stereocenters. The summed E-state index contributed by atoms with van der Waals surface area (Å²) in [6, 6.07) is 6.16. The van der Waals surface area contributed by atoms with Gasteiger partial charge in [-0.2, -0.15) is 0 Å². The minimum absolute atomic E-state index is 0.0378. The van der Waals surface area contributed by atoms with E-state index in [9.17, 15) is 4.79 Å². The second-order valence-electron chi connectivity index (χ2n) is 6.86. The number of aromatic nitrogens is 4. The molecule has 0 spiro atoms. The molecule has 0 bridgehead atoms. The normalized spacial score (nSPS) is 16.5. The third-order valence-electron chi connectivity index (χ3n) is 4.91. The molecule has 1 aromatic heterocycles. The number of rotatable bonds is 6. The fourth-order valence-corrected chi connectivity index (χ4v) is 4.33. The van der Waals surface area contributed by atoms with Crippen molar-refractivity contribution in [2.75, 3.05) is 26.0 Å². The van der Waals surface area contributed by atoms with Gasteiger partial charge in [-0.25, -0.2) is 4.68 Å². The predicted octanol–water partition coefficient (Wildman–Crippen LogP) is 2.31. The molecule has 2 aromatic rings. The van der Waals surface area contributed by atoms with Gasteiger partial charge in [-0.1, -0.05) is 30.7 Å². The van der Waals surface area contributed by atoms with E-state index in [1.165, 1.54) is 24.6 Å². The van der Waals surface area contributed by atoms with Crippen molar-refractivity contribution >= 4 is 17.7 Å². The molecule has 1 aliphatic carbocycles. The highest BCUT2D eigenvalue weighted by atomic mass is 32.2. The number of benzene rings is 1. The topological polar surface area (TPSA) is 82.4 Å². The van der Waals surface area contributed by atoms with Gasteiger partial charge in [0.2, 0.25) is 11.1 Å². The Labute approximate surface area is 162 Å². The fourth-order valence-electron chi connectivity index (χ4n) is 3.44. The Morgan fingerprint density at radius 1 is 1.26 bits per heavy atom. The van der Waals surface area contributed by atoms with Gasteiger partial charge in [0, 0.05) is 13.6 Å². The van der Waals surface area contributed by atoms with E-state index in [1.54, 1.807) is 11.9 Å². The van der Waals surface area contributed by atoms with Crippen LogP contribution in [0.15, 0.2) is 23.4 Å². The number of hydrogen-bond donors (Lipinski definition) is 0. The Hall–Kier alpha value is -2.29. The van der Waals surface area contributed by atoms with Crippen LogP contribution in [0, 0.1) is 0 Å². The first-order valence-corrected chi connectivity index (χ1v) is 10.2. The molecule has 0 saturated heterocycles.